The molecule has 0 saturated heterocycles. The van der Waals surface area contributed by atoms with Gasteiger partial charge in [-0.25, -0.2) is 0 Å². The van der Waals surface area contributed by atoms with Gasteiger partial charge in [0.1, 0.15) is 11.2 Å². The minimum atomic E-state index is -0.0854. The number of benzene rings is 6. The summed E-state index contributed by atoms with van der Waals surface area (Å²) in [5.41, 5.74) is 15.9. The van der Waals surface area contributed by atoms with E-state index < -0.39 is 0 Å². The highest BCUT2D eigenvalue weighted by Crippen LogP contribution is 2.53. The number of rotatable bonds is 3. The summed E-state index contributed by atoms with van der Waals surface area (Å²) in [6.07, 6.45) is 0. The van der Waals surface area contributed by atoms with E-state index in [1.165, 1.54) is 44.5 Å². The molecule has 2 heteroatoms. The van der Waals surface area contributed by atoms with Crippen LogP contribution >= 0.6 is 0 Å². The van der Waals surface area contributed by atoms with E-state index in [-0.39, 0.29) is 10.8 Å². The molecule has 1 heterocycles. The van der Waals surface area contributed by atoms with Gasteiger partial charge < -0.3 is 9.32 Å². The molecular weight excluding hydrogens is 534 g/mol. The summed E-state index contributed by atoms with van der Waals surface area (Å²) in [4.78, 5) is 2.41. The first-order valence-corrected chi connectivity index (χ1v) is 15.5. The van der Waals surface area contributed by atoms with E-state index in [0.29, 0.717) is 0 Å². The van der Waals surface area contributed by atoms with E-state index in [1.807, 2.05) is 12.1 Å². The van der Waals surface area contributed by atoms with E-state index in [1.54, 1.807) is 0 Å². The average Bonchev–Trinajstić information content (AvgIpc) is 3.61. The molecule has 0 saturated carbocycles. The molecule has 1 aromatic heterocycles. The number of fused-ring (bicyclic) bond motifs is 9. The molecule has 0 spiro atoms. The van der Waals surface area contributed by atoms with E-state index in [9.17, 15) is 0 Å². The third-order valence-electron chi connectivity index (χ3n) is 10.3. The number of furan rings is 1. The molecule has 44 heavy (non-hydrogen) atoms. The van der Waals surface area contributed by atoms with Gasteiger partial charge >= 0.3 is 0 Å². The van der Waals surface area contributed by atoms with Gasteiger partial charge in [0.15, 0.2) is 0 Å². The zero-order valence-corrected chi connectivity index (χ0v) is 25.5. The lowest BCUT2D eigenvalue weighted by Gasteiger charge is -2.29. The fourth-order valence-electron chi connectivity index (χ4n) is 7.96. The van der Waals surface area contributed by atoms with Crippen LogP contribution in [0.1, 0.15) is 49.9 Å². The monoisotopic (exact) mass is 567 g/mol. The fraction of sp³-hybridized carbons (Fsp3) is 0.143. The van der Waals surface area contributed by atoms with Crippen LogP contribution in [0.15, 0.2) is 132 Å². The molecule has 2 aliphatic carbocycles. The Balaban J connectivity index is 1.27. The van der Waals surface area contributed by atoms with E-state index in [2.05, 4.69) is 148 Å². The molecule has 7 aromatic rings. The topological polar surface area (TPSA) is 16.4 Å². The molecule has 0 fully saturated rings. The molecule has 6 aromatic carbocycles. The number of hydrogen-bond acceptors (Lipinski definition) is 2. The maximum absolute atomic E-state index is 6.39. The first kappa shape index (κ1) is 25.4. The van der Waals surface area contributed by atoms with Crippen molar-refractivity contribution < 1.29 is 4.42 Å². The number of hydrogen-bond donors (Lipinski definition) is 0. The van der Waals surface area contributed by atoms with Gasteiger partial charge in [-0.1, -0.05) is 107 Å². The minimum Gasteiger partial charge on any atom is -0.456 e. The molecule has 9 rings (SSSR count). The van der Waals surface area contributed by atoms with Gasteiger partial charge in [0.2, 0.25) is 0 Å². The second kappa shape index (κ2) is 8.74. The van der Waals surface area contributed by atoms with Crippen molar-refractivity contribution in [3.05, 3.63) is 150 Å². The Morgan fingerprint density at radius 3 is 1.48 bits per heavy atom. The van der Waals surface area contributed by atoms with Gasteiger partial charge in [-0.2, -0.15) is 0 Å². The summed E-state index contributed by atoms with van der Waals surface area (Å²) in [6, 6.07) is 46.7. The highest BCUT2D eigenvalue weighted by Gasteiger charge is 2.37. The van der Waals surface area contributed by atoms with Crippen LogP contribution in [-0.2, 0) is 10.8 Å². The van der Waals surface area contributed by atoms with Gasteiger partial charge in [0, 0.05) is 44.7 Å². The number of nitrogens with zero attached hydrogens (tertiary/aromatic N) is 1. The van der Waals surface area contributed by atoms with Crippen molar-refractivity contribution in [2.24, 2.45) is 0 Å². The molecule has 0 N–H and O–H groups in total. The van der Waals surface area contributed by atoms with Crippen LogP contribution in [0.3, 0.4) is 0 Å². The molecule has 2 aliphatic rings. The Morgan fingerprint density at radius 1 is 0.409 bits per heavy atom. The van der Waals surface area contributed by atoms with Crippen LogP contribution in [0.25, 0.3) is 44.2 Å². The maximum Gasteiger partial charge on any atom is 0.137 e. The Bertz CT molecular complexity index is 2190. The summed E-state index contributed by atoms with van der Waals surface area (Å²) in [5.74, 6) is 0. The minimum absolute atomic E-state index is 0.0854. The summed E-state index contributed by atoms with van der Waals surface area (Å²) in [6.45, 7) is 9.39. The van der Waals surface area contributed by atoms with Crippen molar-refractivity contribution in [2.45, 2.75) is 38.5 Å². The first-order valence-electron chi connectivity index (χ1n) is 15.5. The second-order valence-electron chi connectivity index (χ2n) is 13.4. The van der Waals surface area contributed by atoms with Crippen LogP contribution in [0.4, 0.5) is 17.1 Å². The summed E-state index contributed by atoms with van der Waals surface area (Å²) in [7, 11) is 0. The Hall–Kier alpha value is -5.08. The van der Waals surface area contributed by atoms with Crippen LogP contribution in [0.5, 0.6) is 0 Å². The Kier molecular flexibility index (Phi) is 5.05. The lowest BCUT2D eigenvalue weighted by atomic mass is 9.82. The van der Waals surface area contributed by atoms with Crippen molar-refractivity contribution in [3.63, 3.8) is 0 Å². The van der Waals surface area contributed by atoms with Crippen molar-refractivity contribution in [1.82, 2.24) is 0 Å². The van der Waals surface area contributed by atoms with Crippen molar-refractivity contribution >= 4 is 39.0 Å². The zero-order chi connectivity index (χ0) is 29.8. The molecule has 212 valence electrons. The summed E-state index contributed by atoms with van der Waals surface area (Å²) in [5, 5.41) is 2.29. The van der Waals surface area contributed by atoms with Gasteiger partial charge in [-0.05, 0) is 87.0 Å². The number of para-hydroxylation sites is 1. The largest absolute Gasteiger partial charge is 0.456 e. The van der Waals surface area contributed by atoms with Crippen LogP contribution < -0.4 is 4.90 Å². The summed E-state index contributed by atoms with van der Waals surface area (Å²) >= 11 is 0. The molecule has 0 atom stereocenters. The molecule has 0 bridgehead atoms. The summed E-state index contributed by atoms with van der Waals surface area (Å²) < 4.78 is 6.39. The molecule has 0 unspecified atom stereocenters. The molecule has 0 amide bonds. The predicted molar refractivity (Wildman–Crippen MR) is 184 cm³/mol. The van der Waals surface area contributed by atoms with Crippen molar-refractivity contribution in [2.75, 3.05) is 4.90 Å². The lowest BCUT2D eigenvalue weighted by Crippen LogP contribution is -2.18. The third-order valence-corrected chi connectivity index (χ3v) is 10.3. The molecule has 0 aliphatic heterocycles. The van der Waals surface area contributed by atoms with Gasteiger partial charge in [-0.3, -0.25) is 0 Å². The quantitative estimate of drug-likeness (QED) is 0.211. The van der Waals surface area contributed by atoms with Crippen molar-refractivity contribution in [1.29, 1.82) is 0 Å². The van der Waals surface area contributed by atoms with E-state index >= 15 is 0 Å². The Labute approximate surface area is 258 Å². The fourth-order valence-corrected chi connectivity index (χ4v) is 7.96. The molecule has 0 radical (unpaired) electrons. The first-order chi connectivity index (χ1) is 21.3. The maximum atomic E-state index is 6.39. The normalized spacial score (nSPS) is 15.2. The van der Waals surface area contributed by atoms with Crippen molar-refractivity contribution in [3.8, 4) is 22.3 Å². The Morgan fingerprint density at radius 2 is 0.864 bits per heavy atom. The van der Waals surface area contributed by atoms with Crippen LogP contribution in [0.2, 0.25) is 0 Å². The van der Waals surface area contributed by atoms with Gasteiger partial charge in [-0.15, -0.1) is 0 Å². The SMILES string of the molecule is CC1(C)c2ccccc2-c2ccc(N(c3ccc4c(c3)C(C)(C)c3ccccc3-4)c3ccc4c(c3)oc3ccccc34)cc21. The van der Waals surface area contributed by atoms with Gasteiger partial charge in [0.05, 0.1) is 0 Å². The smallest absolute Gasteiger partial charge is 0.137 e. The zero-order valence-electron chi connectivity index (χ0n) is 25.5. The standard InChI is InChI=1S/C42H33NO/c1-41(2)35-14-8-5-11-29(35)31-20-17-26(23-37(31)41)43(28-19-22-34-33-13-7-10-16-39(33)44-40(34)25-28)27-18-21-32-30-12-6-9-15-36(30)42(3,4)38(32)24-27/h5-25H,1-4H3. The third kappa shape index (κ3) is 3.37. The van der Waals surface area contributed by atoms with E-state index in [0.717, 1.165) is 39.0 Å². The molecule has 2 nitrogen and oxygen atoms in total. The highest BCUT2D eigenvalue weighted by molar-refractivity contribution is 6.06. The average molecular weight is 568 g/mol. The van der Waals surface area contributed by atoms with Crippen LogP contribution in [0, 0.1) is 0 Å². The number of anilines is 3. The highest BCUT2D eigenvalue weighted by atomic mass is 16.3. The predicted octanol–water partition coefficient (Wildman–Crippen LogP) is 11.7. The van der Waals surface area contributed by atoms with E-state index in [4.69, 9.17) is 4.42 Å². The second-order valence-corrected chi connectivity index (χ2v) is 13.4. The molecular formula is C42H33NO. The van der Waals surface area contributed by atoms with Gasteiger partial charge in [0.25, 0.3) is 0 Å². The lowest BCUT2D eigenvalue weighted by molar-refractivity contribution is 0.660. The van der Waals surface area contributed by atoms with Crippen LogP contribution in [-0.4, -0.2) is 0 Å².